The first-order valence-corrected chi connectivity index (χ1v) is 14.1. The quantitative estimate of drug-likeness (QED) is 0.351. The molecule has 1 aliphatic carbocycles. The average molecular weight is 562 g/mol. The van der Waals surface area contributed by atoms with E-state index in [2.05, 4.69) is 52.2 Å². The fourth-order valence-electron chi connectivity index (χ4n) is 6.61. The number of thioether (sulfide) groups is 1. The van der Waals surface area contributed by atoms with Gasteiger partial charge in [-0.3, -0.25) is 19.3 Å². The molecule has 0 radical (unpaired) electrons. The van der Waals surface area contributed by atoms with Gasteiger partial charge in [-0.25, -0.2) is 4.79 Å². The zero-order valence-electron chi connectivity index (χ0n) is 21.8. The van der Waals surface area contributed by atoms with Crippen LogP contribution in [0.15, 0.2) is 64.4 Å². The number of carbonyl (C=O) groups excluding carboxylic acids is 2. The van der Waals surface area contributed by atoms with Crippen LogP contribution in [0.1, 0.15) is 39.2 Å². The number of aromatic nitrogens is 1. The number of benzene rings is 2. The Hall–Kier alpha value is -3.96. The summed E-state index contributed by atoms with van der Waals surface area (Å²) in [7, 11) is 1.18. The van der Waals surface area contributed by atoms with Crippen LogP contribution in [0.2, 0.25) is 0 Å². The van der Waals surface area contributed by atoms with Crippen molar-refractivity contribution in [2.45, 2.75) is 35.2 Å². The topological polar surface area (TPSA) is 99.5 Å². The number of hydrogen-bond donors (Lipinski definition) is 0. The molecule has 0 unspecified atom stereocenters. The lowest BCUT2D eigenvalue weighted by Gasteiger charge is -2.56. The highest BCUT2D eigenvalue weighted by molar-refractivity contribution is 7.98. The van der Waals surface area contributed by atoms with E-state index in [1.807, 2.05) is 11.8 Å². The molecule has 0 N–H and O–H groups in total. The Morgan fingerprint density at radius 1 is 1.12 bits per heavy atom. The van der Waals surface area contributed by atoms with E-state index < -0.39 is 30.1 Å². The normalized spacial score (nSPS) is 22.4. The number of ether oxygens (including phenoxy) is 4. The molecule has 206 valence electrons. The molecule has 0 spiro atoms. The van der Waals surface area contributed by atoms with Gasteiger partial charge in [-0.15, -0.1) is 11.8 Å². The highest BCUT2D eigenvalue weighted by Gasteiger charge is 2.56. The molecule has 7 rings (SSSR count). The summed E-state index contributed by atoms with van der Waals surface area (Å²) in [6.07, 6.45) is 1.91. The van der Waals surface area contributed by atoms with Gasteiger partial charge in [0.05, 0.1) is 20.3 Å². The predicted molar refractivity (Wildman–Crippen MR) is 145 cm³/mol. The lowest BCUT2D eigenvalue weighted by molar-refractivity contribution is -0.0267. The number of methoxy groups -OCH3 is 1. The molecule has 10 nitrogen and oxygen atoms in total. The minimum absolute atomic E-state index is 0.0915. The van der Waals surface area contributed by atoms with Gasteiger partial charge in [-0.05, 0) is 35.6 Å². The molecule has 1 fully saturated rings. The van der Waals surface area contributed by atoms with Gasteiger partial charge in [0.2, 0.25) is 18.0 Å². The second-order valence-electron chi connectivity index (χ2n) is 10.1. The summed E-state index contributed by atoms with van der Waals surface area (Å²) in [6, 6.07) is 16.3. The summed E-state index contributed by atoms with van der Waals surface area (Å²) in [4.78, 5) is 41.7. The van der Waals surface area contributed by atoms with E-state index in [1.54, 1.807) is 15.8 Å². The van der Waals surface area contributed by atoms with Crippen LogP contribution in [0.3, 0.4) is 0 Å². The Morgan fingerprint density at radius 2 is 1.98 bits per heavy atom. The zero-order valence-corrected chi connectivity index (χ0v) is 22.6. The summed E-state index contributed by atoms with van der Waals surface area (Å²) < 4.78 is 22.8. The van der Waals surface area contributed by atoms with Crippen molar-refractivity contribution in [2.75, 3.05) is 38.7 Å². The molecule has 1 saturated heterocycles. The van der Waals surface area contributed by atoms with Gasteiger partial charge in [0, 0.05) is 35.0 Å². The fraction of sp³-hybridized carbons (Fsp3) is 0.345. The van der Waals surface area contributed by atoms with Crippen molar-refractivity contribution in [3.63, 3.8) is 0 Å². The molecule has 11 heteroatoms. The molecule has 0 bridgehead atoms. The van der Waals surface area contributed by atoms with Crippen LogP contribution in [0.4, 0.5) is 4.79 Å². The third-order valence-corrected chi connectivity index (χ3v) is 9.29. The third-order valence-electron chi connectivity index (χ3n) is 8.18. The lowest BCUT2D eigenvalue weighted by atomic mass is 9.80. The standard InChI is InChI=1S/C29H27N3O7S/c1-36-28(35)39-17-38-26-21(33)10-12-31-25(26)27(34)30-13-14-37-15-23(30)32(31)29-11-9-18-6-4-8-22(24(18)29)40-16-19-5-2-3-7-20(19)29/h2-8,10,12,23H,9,11,13-17H2,1H3/t23-,29+/m1/s1. The fourth-order valence-corrected chi connectivity index (χ4v) is 7.79. The van der Waals surface area contributed by atoms with Crippen LogP contribution in [0.25, 0.3) is 0 Å². The van der Waals surface area contributed by atoms with E-state index in [1.165, 1.54) is 40.3 Å². The van der Waals surface area contributed by atoms with E-state index in [-0.39, 0.29) is 17.4 Å². The van der Waals surface area contributed by atoms with Crippen LogP contribution in [0, 0.1) is 0 Å². The molecule has 4 aliphatic rings. The largest absolute Gasteiger partial charge is 0.510 e. The summed E-state index contributed by atoms with van der Waals surface area (Å²) in [6.45, 7) is 0.488. The minimum Gasteiger partial charge on any atom is -0.451 e. The lowest BCUT2D eigenvalue weighted by Crippen LogP contribution is -2.71. The molecule has 3 aliphatic heterocycles. The molecule has 2 atom stereocenters. The van der Waals surface area contributed by atoms with Crippen molar-refractivity contribution < 1.29 is 28.5 Å². The van der Waals surface area contributed by atoms with E-state index in [9.17, 15) is 14.4 Å². The van der Waals surface area contributed by atoms with Crippen molar-refractivity contribution in [3.8, 4) is 5.75 Å². The number of amides is 1. The van der Waals surface area contributed by atoms with Crippen LogP contribution >= 0.6 is 11.8 Å². The molecule has 1 amide bonds. The molecule has 3 aromatic rings. The molecular weight excluding hydrogens is 534 g/mol. The smallest absolute Gasteiger partial charge is 0.451 e. The summed E-state index contributed by atoms with van der Waals surface area (Å²) >= 11 is 1.82. The highest BCUT2D eigenvalue weighted by Crippen LogP contribution is 2.55. The SMILES string of the molecule is COC(=O)OCOc1c2n(ccc1=O)N([C@]13CCc4cccc(c41)SCc1ccccc13)[C@@H]1COCCN1C2=O. The Balaban J connectivity index is 1.49. The van der Waals surface area contributed by atoms with Gasteiger partial charge in [0.1, 0.15) is 11.7 Å². The van der Waals surface area contributed by atoms with Crippen LogP contribution < -0.4 is 15.2 Å². The van der Waals surface area contributed by atoms with E-state index in [0.717, 1.165) is 18.6 Å². The Morgan fingerprint density at radius 3 is 2.85 bits per heavy atom. The van der Waals surface area contributed by atoms with Crippen molar-refractivity contribution in [1.29, 1.82) is 0 Å². The number of fused-ring (bicyclic) bond motifs is 4. The first-order valence-electron chi connectivity index (χ1n) is 13.2. The van der Waals surface area contributed by atoms with Gasteiger partial charge in [-0.1, -0.05) is 36.4 Å². The predicted octanol–water partition coefficient (Wildman–Crippen LogP) is 3.21. The van der Waals surface area contributed by atoms with Crippen molar-refractivity contribution in [3.05, 3.63) is 92.9 Å². The summed E-state index contributed by atoms with van der Waals surface area (Å²) in [5, 5.41) is 2.22. The number of aryl methyl sites for hydroxylation is 1. The molecule has 4 heterocycles. The minimum atomic E-state index is -0.951. The highest BCUT2D eigenvalue weighted by atomic mass is 32.2. The van der Waals surface area contributed by atoms with Gasteiger partial charge < -0.3 is 23.8 Å². The summed E-state index contributed by atoms with van der Waals surface area (Å²) in [5.41, 5.74) is 3.86. The van der Waals surface area contributed by atoms with E-state index in [0.29, 0.717) is 19.8 Å². The number of pyridine rings is 1. The monoisotopic (exact) mass is 561 g/mol. The molecule has 40 heavy (non-hydrogen) atoms. The van der Waals surface area contributed by atoms with Crippen LogP contribution in [-0.2, 0) is 31.9 Å². The number of nitrogens with zero attached hydrogens (tertiary/aromatic N) is 3. The maximum Gasteiger partial charge on any atom is 0.510 e. The van der Waals surface area contributed by atoms with Gasteiger partial charge >= 0.3 is 6.16 Å². The molecule has 2 aromatic carbocycles. The maximum absolute atomic E-state index is 14.0. The van der Waals surface area contributed by atoms with Crippen molar-refractivity contribution in [2.24, 2.45) is 0 Å². The van der Waals surface area contributed by atoms with Gasteiger partial charge in [0.25, 0.3) is 5.91 Å². The van der Waals surface area contributed by atoms with E-state index >= 15 is 0 Å². The zero-order chi connectivity index (χ0) is 27.4. The number of carbonyl (C=O) groups is 2. The van der Waals surface area contributed by atoms with Crippen molar-refractivity contribution >= 4 is 23.8 Å². The number of hydrogen-bond acceptors (Lipinski definition) is 9. The first kappa shape index (κ1) is 25.0. The first-order chi connectivity index (χ1) is 19.5. The second kappa shape index (κ2) is 9.60. The van der Waals surface area contributed by atoms with Crippen LogP contribution in [0.5, 0.6) is 5.75 Å². The molecule has 0 saturated carbocycles. The molecular formula is C29H27N3O7S. The van der Waals surface area contributed by atoms with Gasteiger partial charge in [0.15, 0.2) is 5.69 Å². The van der Waals surface area contributed by atoms with E-state index in [4.69, 9.17) is 14.2 Å². The van der Waals surface area contributed by atoms with Crippen LogP contribution in [-0.4, -0.2) is 61.5 Å². The second-order valence-corrected chi connectivity index (χ2v) is 11.1. The summed E-state index contributed by atoms with van der Waals surface area (Å²) in [5.74, 6) is 0.308. The Kier molecular flexibility index (Phi) is 6.01. The maximum atomic E-state index is 14.0. The third kappa shape index (κ3) is 3.57. The number of morpholine rings is 1. The molecule has 1 aromatic heterocycles. The van der Waals surface area contributed by atoms with Gasteiger partial charge in [-0.2, -0.15) is 0 Å². The average Bonchev–Trinajstić information content (AvgIpc) is 3.31. The Labute approximate surface area is 234 Å². The Bertz CT molecular complexity index is 1590. The number of rotatable bonds is 4. The van der Waals surface area contributed by atoms with Crippen molar-refractivity contribution in [1.82, 2.24) is 9.58 Å².